The van der Waals surface area contributed by atoms with Crippen LogP contribution in [0, 0.1) is 11.3 Å². The third kappa shape index (κ3) is 2.94. The van der Waals surface area contributed by atoms with E-state index in [1.807, 2.05) is 4.90 Å². The van der Waals surface area contributed by atoms with Crippen molar-refractivity contribution in [3.63, 3.8) is 0 Å². The van der Waals surface area contributed by atoms with Gasteiger partial charge in [0.15, 0.2) is 5.84 Å². The van der Waals surface area contributed by atoms with Crippen molar-refractivity contribution in [1.82, 2.24) is 4.90 Å². The molecule has 1 aliphatic rings. The van der Waals surface area contributed by atoms with Crippen molar-refractivity contribution in [2.75, 3.05) is 13.1 Å². The Labute approximate surface area is 109 Å². The first kappa shape index (κ1) is 14.8. The summed E-state index contributed by atoms with van der Waals surface area (Å²) in [4.78, 5) is 14.0. The highest BCUT2D eigenvalue weighted by molar-refractivity contribution is 6.01. The van der Waals surface area contributed by atoms with Crippen LogP contribution in [0.25, 0.3) is 0 Å². The summed E-state index contributed by atoms with van der Waals surface area (Å²) in [7, 11) is 0. The number of amides is 1. The molecule has 0 saturated carbocycles. The van der Waals surface area contributed by atoms with E-state index in [1.165, 1.54) is 12.8 Å². The minimum absolute atomic E-state index is 0.0113. The van der Waals surface area contributed by atoms with E-state index >= 15 is 0 Å². The molecule has 0 aromatic carbocycles. The summed E-state index contributed by atoms with van der Waals surface area (Å²) in [6, 6.07) is 0. The first-order chi connectivity index (χ1) is 8.49. The number of amidine groups is 1. The van der Waals surface area contributed by atoms with Crippen LogP contribution in [0.4, 0.5) is 0 Å². The van der Waals surface area contributed by atoms with E-state index in [1.54, 1.807) is 6.92 Å². The lowest BCUT2D eigenvalue weighted by Gasteiger charge is -2.41. The molecule has 18 heavy (non-hydrogen) atoms. The third-order valence-corrected chi connectivity index (χ3v) is 4.57. The molecule has 5 heteroatoms. The number of hydrogen-bond acceptors (Lipinski definition) is 3. The van der Waals surface area contributed by atoms with Gasteiger partial charge in [-0.2, -0.15) is 0 Å². The normalized spacial score (nSPS) is 21.7. The molecule has 1 aliphatic heterocycles. The van der Waals surface area contributed by atoms with Gasteiger partial charge in [-0.1, -0.05) is 31.8 Å². The zero-order valence-corrected chi connectivity index (χ0v) is 11.6. The van der Waals surface area contributed by atoms with E-state index in [0.29, 0.717) is 5.41 Å². The highest BCUT2D eigenvalue weighted by atomic mass is 16.4. The maximum Gasteiger partial charge on any atom is 0.233 e. The second kappa shape index (κ2) is 6.07. The molecule has 0 aliphatic carbocycles. The lowest BCUT2D eigenvalue weighted by atomic mass is 9.74. The molecular weight excluding hydrogens is 230 g/mol. The van der Waals surface area contributed by atoms with Crippen LogP contribution in [0.5, 0.6) is 0 Å². The van der Waals surface area contributed by atoms with E-state index in [2.05, 4.69) is 19.0 Å². The second-order valence-corrected chi connectivity index (χ2v) is 5.28. The molecule has 1 rings (SSSR count). The number of oxime groups is 1. The number of likely N-dealkylation sites (tertiary alicyclic amines) is 1. The molecular formula is C13H25N3O2. The number of piperidine rings is 1. The molecule has 0 aromatic rings. The van der Waals surface area contributed by atoms with E-state index < -0.39 is 5.92 Å². The summed E-state index contributed by atoms with van der Waals surface area (Å²) >= 11 is 0. The van der Waals surface area contributed by atoms with E-state index in [-0.39, 0.29) is 11.7 Å². The summed E-state index contributed by atoms with van der Waals surface area (Å²) in [6.07, 6.45) is 4.44. The molecule has 1 fully saturated rings. The Bertz CT molecular complexity index is 314. The van der Waals surface area contributed by atoms with Crippen molar-refractivity contribution >= 4 is 11.7 Å². The van der Waals surface area contributed by atoms with Gasteiger partial charge in [-0.05, 0) is 25.2 Å². The van der Waals surface area contributed by atoms with Gasteiger partial charge in [0.2, 0.25) is 5.91 Å². The van der Waals surface area contributed by atoms with Gasteiger partial charge in [0.1, 0.15) is 0 Å². The van der Waals surface area contributed by atoms with Crippen LogP contribution >= 0.6 is 0 Å². The molecule has 0 aromatic heterocycles. The van der Waals surface area contributed by atoms with E-state index in [9.17, 15) is 4.79 Å². The van der Waals surface area contributed by atoms with E-state index in [4.69, 9.17) is 10.9 Å². The van der Waals surface area contributed by atoms with Crippen molar-refractivity contribution in [3.8, 4) is 0 Å². The molecule has 3 N–H and O–H groups in total. The molecule has 1 heterocycles. The Morgan fingerprint density at radius 3 is 2.28 bits per heavy atom. The van der Waals surface area contributed by atoms with Gasteiger partial charge in [-0.25, -0.2) is 0 Å². The molecule has 0 bridgehead atoms. The Balaban J connectivity index is 2.60. The van der Waals surface area contributed by atoms with Crippen LogP contribution < -0.4 is 5.73 Å². The Morgan fingerprint density at radius 2 is 1.89 bits per heavy atom. The highest BCUT2D eigenvalue weighted by Gasteiger charge is 2.34. The predicted octanol–water partition coefficient (Wildman–Crippen LogP) is 1.80. The molecule has 5 nitrogen and oxygen atoms in total. The number of rotatable bonds is 4. The molecule has 1 atom stereocenters. The Morgan fingerprint density at radius 1 is 1.39 bits per heavy atom. The fraction of sp³-hybridized carbons (Fsp3) is 0.846. The average molecular weight is 255 g/mol. The van der Waals surface area contributed by atoms with Gasteiger partial charge in [0.05, 0.1) is 5.92 Å². The minimum Gasteiger partial charge on any atom is -0.409 e. The smallest absolute Gasteiger partial charge is 0.233 e. The first-order valence-corrected chi connectivity index (χ1v) is 6.76. The van der Waals surface area contributed by atoms with Crippen molar-refractivity contribution < 1.29 is 10.0 Å². The lowest BCUT2D eigenvalue weighted by Crippen LogP contribution is -2.47. The summed E-state index contributed by atoms with van der Waals surface area (Å²) in [5.41, 5.74) is 5.88. The highest BCUT2D eigenvalue weighted by Crippen LogP contribution is 2.38. The van der Waals surface area contributed by atoms with Crippen molar-refractivity contribution in [3.05, 3.63) is 0 Å². The van der Waals surface area contributed by atoms with Crippen molar-refractivity contribution in [2.24, 2.45) is 22.2 Å². The molecule has 104 valence electrons. The number of nitrogens with two attached hydrogens (primary N) is 1. The fourth-order valence-corrected chi connectivity index (χ4v) is 2.65. The topological polar surface area (TPSA) is 78.9 Å². The van der Waals surface area contributed by atoms with Crippen molar-refractivity contribution in [1.29, 1.82) is 0 Å². The second-order valence-electron chi connectivity index (χ2n) is 5.28. The minimum atomic E-state index is -0.536. The van der Waals surface area contributed by atoms with Crippen LogP contribution in [0.1, 0.15) is 46.5 Å². The summed E-state index contributed by atoms with van der Waals surface area (Å²) in [5, 5.41) is 11.5. The predicted molar refractivity (Wildman–Crippen MR) is 71.4 cm³/mol. The van der Waals surface area contributed by atoms with E-state index in [0.717, 1.165) is 25.9 Å². The fourth-order valence-electron chi connectivity index (χ4n) is 2.65. The van der Waals surface area contributed by atoms with Gasteiger partial charge < -0.3 is 15.8 Å². The number of carbonyl (C=O) groups excluding carboxylic acids is 1. The lowest BCUT2D eigenvalue weighted by molar-refractivity contribution is -0.135. The largest absolute Gasteiger partial charge is 0.409 e. The van der Waals surface area contributed by atoms with Crippen LogP contribution in [-0.4, -0.2) is 34.9 Å². The van der Waals surface area contributed by atoms with Gasteiger partial charge in [-0.15, -0.1) is 0 Å². The number of nitrogens with zero attached hydrogens (tertiary/aromatic N) is 2. The number of hydrogen-bond donors (Lipinski definition) is 2. The summed E-state index contributed by atoms with van der Waals surface area (Å²) in [6.45, 7) is 7.69. The standard InChI is InChI=1S/C13H25N3O2/c1-4-13(5-2)6-8-16(9-7-13)12(17)10(3)11(14)15-18/h10,18H,4-9H2,1-3H3,(H2,14,15). The monoisotopic (exact) mass is 255 g/mol. The van der Waals surface area contributed by atoms with Crippen LogP contribution in [-0.2, 0) is 4.79 Å². The van der Waals surface area contributed by atoms with Gasteiger partial charge in [0.25, 0.3) is 0 Å². The Hall–Kier alpha value is -1.26. The first-order valence-electron chi connectivity index (χ1n) is 6.76. The quantitative estimate of drug-likeness (QED) is 0.348. The van der Waals surface area contributed by atoms with Crippen molar-refractivity contribution in [2.45, 2.75) is 46.5 Å². The molecule has 1 unspecified atom stereocenters. The van der Waals surface area contributed by atoms with Gasteiger partial charge >= 0.3 is 0 Å². The SMILES string of the molecule is CCC1(CC)CCN(C(=O)C(C)C(N)=NO)CC1. The van der Waals surface area contributed by atoms with Crippen LogP contribution in [0.3, 0.4) is 0 Å². The van der Waals surface area contributed by atoms with Crippen LogP contribution in [0.15, 0.2) is 5.16 Å². The summed E-state index contributed by atoms with van der Waals surface area (Å²) < 4.78 is 0. The third-order valence-electron chi connectivity index (χ3n) is 4.57. The molecule has 1 saturated heterocycles. The number of carbonyl (C=O) groups is 1. The zero-order valence-electron chi connectivity index (χ0n) is 11.6. The zero-order chi connectivity index (χ0) is 13.8. The average Bonchev–Trinajstić information content (AvgIpc) is 2.44. The summed E-state index contributed by atoms with van der Waals surface area (Å²) in [5.74, 6) is -0.584. The molecule has 1 amide bonds. The maximum atomic E-state index is 12.1. The molecule has 0 radical (unpaired) electrons. The van der Waals surface area contributed by atoms with Gasteiger partial charge in [0, 0.05) is 13.1 Å². The molecule has 0 spiro atoms. The van der Waals surface area contributed by atoms with Gasteiger partial charge in [-0.3, -0.25) is 4.79 Å². The maximum absolute atomic E-state index is 12.1. The van der Waals surface area contributed by atoms with Crippen LogP contribution in [0.2, 0.25) is 0 Å². The Kier molecular flexibility index (Phi) is 4.99.